The molecule has 0 amide bonds. The number of hydrogen-bond donors (Lipinski definition) is 0. The smallest absolute Gasteiger partial charge is 0.00217 e. The molecule has 1 aliphatic heterocycles. The Morgan fingerprint density at radius 1 is 1.50 bits per heavy atom. The van der Waals surface area contributed by atoms with Gasteiger partial charge in [0.05, 0.1) is 0 Å². The van der Waals surface area contributed by atoms with E-state index in [0.717, 1.165) is 11.2 Å². The Hall–Kier alpha value is 0.350. The predicted molar refractivity (Wildman–Crippen MR) is 49.6 cm³/mol. The van der Waals surface area contributed by atoms with Crippen molar-refractivity contribution in [1.29, 1.82) is 0 Å². The van der Waals surface area contributed by atoms with E-state index in [9.17, 15) is 0 Å². The fraction of sp³-hybridized carbons (Fsp3) is 1.00. The molecule has 1 aliphatic rings. The van der Waals surface area contributed by atoms with E-state index < -0.39 is 0 Å². The summed E-state index contributed by atoms with van der Waals surface area (Å²) in [5, 5.41) is 0.946. The molecule has 0 radical (unpaired) electrons. The van der Waals surface area contributed by atoms with Gasteiger partial charge in [-0.2, -0.15) is 11.8 Å². The zero-order chi connectivity index (χ0) is 7.40. The lowest BCUT2D eigenvalue weighted by molar-refractivity contribution is 0.498. The molecular weight excluding hydrogens is 140 g/mol. The van der Waals surface area contributed by atoms with Crippen LogP contribution in [0.5, 0.6) is 0 Å². The van der Waals surface area contributed by atoms with Crippen molar-refractivity contribution >= 4 is 11.8 Å². The SMILES string of the molecule is CCCCC1CSC(C)C1. The van der Waals surface area contributed by atoms with Crippen molar-refractivity contribution < 1.29 is 0 Å². The van der Waals surface area contributed by atoms with Crippen LogP contribution < -0.4 is 0 Å². The standard InChI is InChI=1S/C9H18S/c1-3-4-5-9-6-8(2)10-7-9/h8-9H,3-7H2,1-2H3. The van der Waals surface area contributed by atoms with Crippen LogP contribution in [0, 0.1) is 5.92 Å². The van der Waals surface area contributed by atoms with Crippen LogP contribution in [0.3, 0.4) is 0 Å². The average Bonchev–Trinajstić information content (AvgIpc) is 2.31. The summed E-state index contributed by atoms with van der Waals surface area (Å²) < 4.78 is 0. The molecule has 2 atom stereocenters. The van der Waals surface area contributed by atoms with Crippen LogP contribution in [0.2, 0.25) is 0 Å². The van der Waals surface area contributed by atoms with E-state index in [2.05, 4.69) is 25.6 Å². The zero-order valence-corrected chi connectivity index (χ0v) is 7.91. The Kier molecular flexibility index (Phi) is 3.61. The molecule has 0 N–H and O–H groups in total. The number of thioether (sulfide) groups is 1. The molecule has 0 bridgehead atoms. The topological polar surface area (TPSA) is 0 Å². The summed E-state index contributed by atoms with van der Waals surface area (Å²) in [7, 11) is 0. The lowest BCUT2D eigenvalue weighted by atomic mass is 10.00. The quantitative estimate of drug-likeness (QED) is 0.607. The molecular formula is C9H18S. The van der Waals surface area contributed by atoms with Crippen molar-refractivity contribution in [3.63, 3.8) is 0 Å². The van der Waals surface area contributed by atoms with Crippen molar-refractivity contribution in [2.45, 2.75) is 44.8 Å². The van der Waals surface area contributed by atoms with Crippen LogP contribution in [-0.2, 0) is 0 Å². The Bertz CT molecular complexity index is 90.7. The number of unbranched alkanes of at least 4 members (excludes halogenated alkanes) is 1. The third-order valence-electron chi connectivity index (χ3n) is 2.25. The summed E-state index contributed by atoms with van der Waals surface area (Å²) in [5.74, 6) is 2.49. The van der Waals surface area contributed by atoms with Gasteiger partial charge in [0.1, 0.15) is 0 Å². The Morgan fingerprint density at radius 3 is 2.80 bits per heavy atom. The van der Waals surface area contributed by atoms with Gasteiger partial charge in [0.15, 0.2) is 0 Å². The van der Waals surface area contributed by atoms with Crippen molar-refractivity contribution in [3.8, 4) is 0 Å². The van der Waals surface area contributed by atoms with Gasteiger partial charge < -0.3 is 0 Å². The normalized spacial score (nSPS) is 33.0. The van der Waals surface area contributed by atoms with E-state index in [1.54, 1.807) is 0 Å². The summed E-state index contributed by atoms with van der Waals surface area (Å²) in [5.41, 5.74) is 0. The fourth-order valence-corrected chi connectivity index (χ4v) is 2.91. The Morgan fingerprint density at radius 2 is 2.30 bits per heavy atom. The minimum atomic E-state index is 0.946. The summed E-state index contributed by atoms with van der Waals surface area (Å²) in [6.07, 6.45) is 5.77. The van der Waals surface area contributed by atoms with Crippen LogP contribution in [0.1, 0.15) is 39.5 Å². The monoisotopic (exact) mass is 158 g/mol. The van der Waals surface area contributed by atoms with E-state index in [1.165, 1.54) is 31.4 Å². The summed E-state index contributed by atoms with van der Waals surface area (Å²) in [6.45, 7) is 4.64. The van der Waals surface area contributed by atoms with Gasteiger partial charge >= 0.3 is 0 Å². The van der Waals surface area contributed by atoms with Gasteiger partial charge in [-0.1, -0.05) is 26.7 Å². The molecule has 1 rings (SSSR count). The number of hydrogen-bond acceptors (Lipinski definition) is 1. The second-order valence-electron chi connectivity index (χ2n) is 3.39. The highest BCUT2D eigenvalue weighted by Crippen LogP contribution is 2.33. The predicted octanol–water partition coefficient (Wildman–Crippen LogP) is 3.32. The van der Waals surface area contributed by atoms with Crippen LogP contribution in [-0.4, -0.2) is 11.0 Å². The Labute approximate surface area is 68.8 Å². The van der Waals surface area contributed by atoms with Gasteiger partial charge in [-0.05, 0) is 24.5 Å². The maximum atomic E-state index is 2.36. The van der Waals surface area contributed by atoms with Crippen LogP contribution in [0.4, 0.5) is 0 Å². The molecule has 2 unspecified atom stereocenters. The molecule has 1 fully saturated rings. The second kappa shape index (κ2) is 4.27. The first-order valence-electron chi connectivity index (χ1n) is 4.44. The molecule has 0 aromatic carbocycles. The van der Waals surface area contributed by atoms with E-state index >= 15 is 0 Å². The molecule has 1 saturated heterocycles. The van der Waals surface area contributed by atoms with Crippen LogP contribution in [0.25, 0.3) is 0 Å². The van der Waals surface area contributed by atoms with Crippen LogP contribution in [0.15, 0.2) is 0 Å². The lowest BCUT2D eigenvalue weighted by Gasteiger charge is -2.05. The highest BCUT2D eigenvalue weighted by Gasteiger charge is 2.20. The maximum Gasteiger partial charge on any atom is 0.00217 e. The molecule has 0 aromatic heterocycles. The minimum Gasteiger partial charge on any atom is -0.159 e. The first-order chi connectivity index (χ1) is 4.83. The Balaban J connectivity index is 2.06. The van der Waals surface area contributed by atoms with E-state index in [-0.39, 0.29) is 0 Å². The van der Waals surface area contributed by atoms with Gasteiger partial charge in [0.2, 0.25) is 0 Å². The molecule has 0 spiro atoms. The summed E-state index contributed by atoms with van der Waals surface area (Å²) >= 11 is 2.16. The number of rotatable bonds is 3. The first kappa shape index (κ1) is 8.45. The molecule has 0 saturated carbocycles. The highest BCUT2D eigenvalue weighted by molar-refractivity contribution is 8.00. The summed E-state index contributed by atoms with van der Waals surface area (Å²) in [4.78, 5) is 0. The van der Waals surface area contributed by atoms with E-state index in [0.29, 0.717) is 0 Å². The maximum absolute atomic E-state index is 2.36. The van der Waals surface area contributed by atoms with Crippen molar-refractivity contribution in [1.82, 2.24) is 0 Å². The van der Waals surface area contributed by atoms with E-state index in [1.807, 2.05) is 0 Å². The average molecular weight is 158 g/mol. The van der Waals surface area contributed by atoms with Gasteiger partial charge in [-0.15, -0.1) is 0 Å². The van der Waals surface area contributed by atoms with Gasteiger partial charge in [0.25, 0.3) is 0 Å². The van der Waals surface area contributed by atoms with Gasteiger partial charge in [-0.3, -0.25) is 0 Å². The van der Waals surface area contributed by atoms with Crippen LogP contribution >= 0.6 is 11.8 Å². The van der Waals surface area contributed by atoms with Gasteiger partial charge in [-0.25, -0.2) is 0 Å². The van der Waals surface area contributed by atoms with E-state index in [4.69, 9.17) is 0 Å². The first-order valence-corrected chi connectivity index (χ1v) is 5.49. The third kappa shape index (κ3) is 2.53. The zero-order valence-electron chi connectivity index (χ0n) is 7.10. The van der Waals surface area contributed by atoms with Gasteiger partial charge in [0, 0.05) is 5.25 Å². The van der Waals surface area contributed by atoms with Crippen molar-refractivity contribution in [2.75, 3.05) is 5.75 Å². The highest BCUT2D eigenvalue weighted by atomic mass is 32.2. The molecule has 60 valence electrons. The molecule has 1 heteroatoms. The largest absolute Gasteiger partial charge is 0.159 e. The second-order valence-corrected chi connectivity index (χ2v) is 4.86. The molecule has 10 heavy (non-hydrogen) atoms. The third-order valence-corrected chi connectivity index (χ3v) is 3.67. The lowest BCUT2D eigenvalue weighted by Crippen LogP contribution is -1.98. The minimum absolute atomic E-state index is 0.946. The van der Waals surface area contributed by atoms with Crippen molar-refractivity contribution in [2.24, 2.45) is 5.92 Å². The molecule has 0 aromatic rings. The molecule has 0 nitrogen and oxygen atoms in total. The molecule has 0 aliphatic carbocycles. The summed E-state index contributed by atoms with van der Waals surface area (Å²) in [6, 6.07) is 0. The van der Waals surface area contributed by atoms with Crippen molar-refractivity contribution in [3.05, 3.63) is 0 Å². The fourth-order valence-electron chi connectivity index (χ4n) is 1.60. The molecule has 1 heterocycles.